The molecule has 0 aliphatic carbocycles. The van der Waals surface area contributed by atoms with Gasteiger partial charge in [0.15, 0.2) is 0 Å². The first kappa shape index (κ1) is 11.2. The van der Waals surface area contributed by atoms with E-state index in [4.69, 9.17) is 4.74 Å². The Bertz CT molecular complexity index is 222. The normalized spacial score (nSPS) is 26.4. The van der Waals surface area contributed by atoms with Gasteiger partial charge in [-0.3, -0.25) is 4.90 Å². The van der Waals surface area contributed by atoms with Crippen LogP contribution in [-0.2, 0) is 4.74 Å². The van der Waals surface area contributed by atoms with Crippen LogP contribution in [-0.4, -0.2) is 68.0 Å². The van der Waals surface area contributed by atoms with E-state index >= 15 is 0 Å². The van der Waals surface area contributed by atoms with Crippen LogP contribution in [0.3, 0.4) is 0 Å². The fourth-order valence-corrected chi connectivity index (χ4v) is 1.98. The number of halogens is 3. The maximum Gasteiger partial charge on any atom is 0.411 e. The van der Waals surface area contributed by atoms with Gasteiger partial charge in [0.25, 0.3) is 0 Å². The Hall–Kier alpha value is -0.330. The highest BCUT2D eigenvalue weighted by molar-refractivity contribution is 4.93. The molecule has 0 N–H and O–H groups in total. The number of likely N-dealkylation sites (tertiary alicyclic amines) is 2. The number of likely N-dealkylation sites (N-methyl/N-ethyl adjacent to an activating group) is 1. The van der Waals surface area contributed by atoms with Gasteiger partial charge < -0.3 is 9.64 Å². The fraction of sp³-hybridized carbons (Fsp3) is 1.00. The predicted molar refractivity (Wildman–Crippen MR) is 48.7 cm³/mol. The van der Waals surface area contributed by atoms with E-state index in [1.807, 2.05) is 7.05 Å². The molecular weight excluding hydrogens is 209 g/mol. The lowest BCUT2D eigenvalue weighted by Crippen LogP contribution is -2.66. The van der Waals surface area contributed by atoms with Gasteiger partial charge in [0, 0.05) is 32.2 Å². The van der Waals surface area contributed by atoms with E-state index in [2.05, 4.69) is 9.80 Å². The molecule has 2 aliphatic rings. The second-order valence-corrected chi connectivity index (χ2v) is 4.38. The minimum absolute atomic E-state index is 0.225. The molecule has 0 amide bonds. The summed E-state index contributed by atoms with van der Waals surface area (Å²) in [6.07, 6.45) is -4.42. The summed E-state index contributed by atoms with van der Waals surface area (Å²) in [7, 11) is 2.04. The van der Waals surface area contributed by atoms with Crippen LogP contribution in [0.4, 0.5) is 13.2 Å². The summed E-state index contributed by atoms with van der Waals surface area (Å²) < 4.78 is 40.2. The Kier molecular flexibility index (Phi) is 2.92. The van der Waals surface area contributed by atoms with Crippen molar-refractivity contribution in [1.29, 1.82) is 0 Å². The van der Waals surface area contributed by atoms with Gasteiger partial charge in [-0.2, -0.15) is 13.2 Å². The molecule has 2 rings (SSSR count). The molecule has 15 heavy (non-hydrogen) atoms. The van der Waals surface area contributed by atoms with E-state index in [1.54, 1.807) is 0 Å². The van der Waals surface area contributed by atoms with Gasteiger partial charge in [0.05, 0.1) is 6.10 Å². The van der Waals surface area contributed by atoms with Crippen LogP contribution in [0.1, 0.15) is 0 Å². The second-order valence-electron chi connectivity index (χ2n) is 4.38. The van der Waals surface area contributed by atoms with Crippen molar-refractivity contribution >= 4 is 0 Å². The third-order valence-electron chi connectivity index (χ3n) is 2.92. The van der Waals surface area contributed by atoms with E-state index in [-0.39, 0.29) is 6.10 Å². The highest BCUT2D eigenvalue weighted by Gasteiger charge is 2.39. The molecule has 2 heterocycles. The zero-order valence-corrected chi connectivity index (χ0v) is 8.63. The first-order valence-electron chi connectivity index (χ1n) is 5.05. The number of hydrogen-bond acceptors (Lipinski definition) is 3. The molecule has 0 aromatic carbocycles. The maximum atomic E-state index is 11.8. The molecule has 2 fully saturated rings. The summed E-state index contributed by atoms with van der Waals surface area (Å²) in [6.45, 7) is 2.22. The molecular formula is C9H15F3N2O. The molecule has 0 radical (unpaired) electrons. The summed E-state index contributed by atoms with van der Waals surface area (Å²) in [6, 6.07) is 0.528. The van der Waals surface area contributed by atoms with Crippen molar-refractivity contribution in [1.82, 2.24) is 9.80 Å². The average Bonchev–Trinajstić information content (AvgIpc) is 1.95. The van der Waals surface area contributed by atoms with Gasteiger partial charge >= 0.3 is 6.18 Å². The lowest BCUT2D eigenvalue weighted by atomic mass is 10.0. The third-order valence-corrected chi connectivity index (χ3v) is 2.92. The van der Waals surface area contributed by atoms with E-state index in [1.165, 1.54) is 0 Å². The SMILES string of the molecule is CN1CC(N2CC(OCC(F)(F)F)C2)C1. The van der Waals surface area contributed by atoms with Gasteiger partial charge in [0.2, 0.25) is 0 Å². The quantitative estimate of drug-likeness (QED) is 0.697. The van der Waals surface area contributed by atoms with E-state index in [9.17, 15) is 13.2 Å². The molecule has 88 valence electrons. The zero-order valence-electron chi connectivity index (χ0n) is 8.63. The number of nitrogens with zero attached hydrogens (tertiary/aromatic N) is 2. The number of alkyl halides is 3. The molecule has 0 bridgehead atoms. The minimum Gasteiger partial charge on any atom is -0.366 e. The van der Waals surface area contributed by atoms with E-state index in [0.717, 1.165) is 13.1 Å². The van der Waals surface area contributed by atoms with E-state index < -0.39 is 12.8 Å². The summed E-state index contributed by atoms with van der Waals surface area (Å²) in [5, 5.41) is 0. The topological polar surface area (TPSA) is 15.7 Å². The van der Waals surface area contributed by atoms with Crippen LogP contribution < -0.4 is 0 Å². The van der Waals surface area contributed by atoms with Crippen molar-refractivity contribution in [3.05, 3.63) is 0 Å². The molecule has 6 heteroatoms. The highest BCUT2D eigenvalue weighted by atomic mass is 19.4. The van der Waals surface area contributed by atoms with Crippen molar-refractivity contribution < 1.29 is 17.9 Å². The van der Waals surface area contributed by atoms with Gasteiger partial charge in [-0.15, -0.1) is 0 Å². The minimum atomic E-state index is -4.20. The molecule has 0 unspecified atom stereocenters. The fourth-order valence-electron chi connectivity index (χ4n) is 1.98. The Balaban J connectivity index is 1.58. The monoisotopic (exact) mass is 224 g/mol. The van der Waals surface area contributed by atoms with Gasteiger partial charge in [-0.25, -0.2) is 0 Å². The zero-order chi connectivity index (χ0) is 11.1. The standard InChI is InChI=1S/C9H15F3N2O/c1-13-2-7(3-13)14-4-8(5-14)15-6-9(10,11)12/h7-8H,2-6H2,1H3. The van der Waals surface area contributed by atoms with Crippen LogP contribution >= 0.6 is 0 Å². The first-order chi connectivity index (χ1) is 6.94. The summed E-state index contributed by atoms with van der Waals surface area (Å²) in [4.78, 5) is 4.37. The smallest absolute Gasteiger partial charge is 0.366 e. The summed E-state index contributed by atoms with van der Waals surface area (Å²) in [5.41, 5.74) is 0. The predicted octanol–water partition coefficient (Wildman–Crippen LogP) is 0.563. The van der Waals surface area contributed by atoms with Crippen LogP contribution in [0.15, 0.2) is 0 Å². The molecule has 0 atom stereocenters. The van der Waals surface area contributed by atoms with Gasteiger partial charge in [-0.05, 0) is 7.05 Å². The number of hydrogen-bond donors (Lipinski definition) is 0. The largest absolute Gasteiger partial charge is 0.411 e. The average molecular weight is 224 g/mol. The maximum absolute atomic E-state index is 11.8. The van der Waals surface area contributed by atoms with Crippen molar-refractivity contribution in [2.24, 2.45) is 0 Å². The first-order valence-corrected chi connectivity index (χ1v) is 5.05. The molecule has 2 aliphatic heterocycles. The Morgan fingerprint density at radius 1 is 1.20 bits per heavy atom. The Labute approximate surface area is 86.8 Å². The second kappa shape index (κ2) is 3.92. The molecule has 0 aromatic heterocycles. The summed E-state index contributed by atoms with van der Waals surface area (Å²) >= 11 is 0. The lowest BCUT2D eigenvalue weighted by Gasteiger charge is -2.50. The van der Waals surface area contributed by atoms with Gasteiger partial charge in [0.1, 0.15) is 6.61 Å². The number of rotatable bonds is 3. The molecule has 3 nitrogen and oxygen atoms in total. The third kappa shape index (κ3) is 2.83. The molecule has 0 spiro atoms. The van der Waals surface area contributed by atoms with Crippen molar-refractivity contribution in [2.45, 2.75) is 18.3 Å². The van der Waals surface area contributed by atoms with Crippen LogP contribution in [0, 0.1) is 0 Å². The Morgan fingerprint density at radius 2 is 1.80 bits per heavy atom. The Morgan fingerprint density at radius 3 is 2.27 bits per heavy atom. The van der Waals surface area contributed by atoms with Crippen molar-refractivity contribution in [2.75, 3.05) is 39.8 Å². The summed E-state index contributed by atoms with van der Waals surface area (Å²) in [5.74, 6) is 0. The number of ether oxygens (including phenoxy) is 1. The van der Waals surface area contributed by atoms with Gasteiger partial charge in [-0.1, -0.05) is 0 Å². The lowest BCUT2D eigenvalue weighted by molar-refractivity contribution is -0.204. The van der Waals surface area contributed by atoms with Crippen LogP contribution in [0.25, 0.3) is 0 Å². The van der Waals surface area contributed by atoms with Crippen molar-refractivity contribution in [3.8, 4) is 0 Å². The molecule has 2 saturated heterocycles. The van der Waals surface area contributed by atoms with Crippen LogP contribution in [0.5, 0.6) is 0 Å². The van der Waals surface area contributed by atoms with Crippen LogP contribution in [0.2, 0.25) is 0 Å². The highest BCUT2D eigenvalue weighted by Crippen LogP contribution is 2.23. The van der Waals surface area contributed by atoms with E-state index in [0.29, 0.717) is 19.1 Å². The van der Waals surface area contributed by atoms with Crippen molar-refractivity contribution in [3.63, 3.8) is 0 Å². The molecule has 0 aromatic rings. The molecule has 0 saturated carbocycles.